The molecule has 0 spiro atoms. The molecule has 0 aromatic carbocycles. The third kappa shape index (κ3) is 1.90. The van der Waals surface area contributed by atoms with Crippen LogP contribution in [0.2, 0.25) is 0 Å². The maximum absolute atomic E-state index is 10.6. The summed E-state index contributed by atoms with van der Waals surface area (Å²) in [5, 5.41) is 8.66. The van der Waals surface area contributed by atoms with E-state index in [9.17, 15) is 4.79 Å². The number of furan rings is 1. The number of rotatable bonds is 3. The van der Waals surface area contributed by atoms with E-state index < -0.39 is 5.97 Å². The largest absolute Gasteiger partial charge is 0.475 e. The molecule has 1 N–H and O–H groups in total. The van der Waals surface area contributed by atoms with Gasteiger partial charge >= 0.3 is 5.97 Å². The molecular formula is C10H10N2O3. The van der Waals surface area contributed by atoms with Crippen molar-refractivity contribution in [3.05, 3.63) is 41.9 Å². The molecule has 2 aromatic heterocycles. The quantitative estimate of drug-likeness (QED) is 0.821. The number of carbonyl (C=O) groups is 1. The van der Waals surface area contributed by atoms with Crippen molar-refractivity contribution in [2.24, 2.45) is 7.05 Å². The number of aryl methyl sites for hydroxylation is 1. The molecule has 0 bridgehead atoms. The van der Waals surface area contributed by atoms with Crippen LogP contribution in [0.3, 0.4) is 0 Å². The van der Waals surface area contributed by atoms with Crippen LogP contribution in [-0.4, -0.2) is 20.6 Å². The van der Waals surface area contributed by atoms with Crippen LogP contribution in [0.15, 0.2) is 28.9 Å². The van der Waals surface area contributed by atoms with Gasteiger partial charge in [-0.2, -0.15) is 0 Å². The standard InChI is InChI=1S/C10H10N2O3/c1-12-5-4-11-9(12)6-7-2-3-8(15-7)10(13)14/h2-5H,6H2,1H3,(H,13,14). The van der Waals surface area contributed by atoms with Gasteiger partial charge < -0.3 is 14.1 Å². The molecule has 2 heterocycles. The van der Waals surface area contributed by atoms with Crippen molar-refractivity contribution in [2.45, 2.75) is 6.42 Å². The Balaban J connectivity index is 2.18. The summed E-state index contributed by atoms with van der Waals surface area (Å²) in [6.45, 7) is 0. The highest BCUT2D eigenvalue weighted by molar-refractivity contribution is 5.84. The highest BCUT2D eigenvalue weighted by atomic mass is 16.4. The zero-order chi connectivity index (χ0) is 10.8. The predicted octanol–water partition coefficient (Wildman–Crippen LogP) is 1.30. The normalized spacial score (nSPS) is 10.5. The monoisotopic (exact) mass is 206 g/mol. The van der Waals surface area contributed by atoms with Crippen molar-refractivity contribution in [1.82, 2.24) is 9.55 Å². The second-order valence-corrected chi connectivity index (χ2v) is 3.20. The summed E-state index contributed by atoms with van der Waals surface area (Å²) in [4.78, 5) is 14.7. The number of carboxylic acid groups (broad SMARTS) is 1. The van der Waals surface area contributed by atoms with Gasteiger partial charge in [0.1, 0.15) is 11.6 Å². The van der Waals surface area contributed by atoms with E-state index in [1.165, 1.54) is 6.07 Å². The lowest BCUT2D eigenvalue weighted by Gasteiger charge is -1.97. The Hall–Kier alpha value is -2.04. The molecule has 0 aliphatic rings. The molecule has 2 rings (SSSR count). The molecule has 0 atom stereocenters. The molecule has 0 aliphatic heterocycles. The lowest BCUT2D eigenvalue weighted by Crippen LogP contribution is -1.97. The van der Waals surface area contributed by atoms with Crippen molar-refractivity contribution in [3.8, 4) is 0 Å². The van der Waals surface area contributed by atoms with E-state index in [0.29, 0.717) is 12.2 Å². The van der Waals surface area contributed by atoms with Gasteiger partial charge in [-0.25, -0.2) is 9.78 Å². The summed E-state index contributed by atoms with van der Waals surface area (Å²) in [6, 6.07) is 3.10. The Morgan fingerprint density at radius 3 is 2.93 bits per heavy atom. The number of hydrogen-bond acceptors (Lipinski definition) is 3. The summed E-state index contributed by atoms with van der Waals surface area (Å²) < 4.78 is 6.98. The zero-order valence-corrected chi connectivity index (χ0v) is 8.17. The van der Waals surface area contributed by atoms with E-state index >= 15 is 0 Å². The minimum atomic E-state index is -1.05. The van der Waals surface area contributed by atoms with Crippen LogP contribution in [-0.2, 0) is 13.5 Å². The average molecular weight is 206 g/mol. The van der Waals surface area contributed by atoms with Crippen molar-refractivity contribution in [1.29, 1.82) is 0 Å². The van der Waals surface area contributed by atoms with Crippen molar-refractivity contribution in [3.63, 3.8) is 0 Å². The van der Waals surface area contributed by atoms with Gasteiger partial charge in [0, 0.05) is 19.4 Å². The van der Waals surface area contributed by atoms with Crippen LogP contribution in [0.5, 0.6) is 0 Å². The summed E-state index contributed by atoms with van der Waals surface area (Å²) in [5.74, 6) is 0.336. The van der Waals surface area contributed by atoms with Gasteiger partial charge in [0.05, 0.1) is 6.42 Å². The first-order valence-electron chi connectivity index (χ1n) is 4.45. The van der Waals surface area contributed by atoms with Crippen LogP contribution >= 0.6 is 0 Å². The van der Waals surface area contributed by atoms with Crippen LogP contribution in [0.1, 0.15) is 22.1 Å². The molecule has 0 unspecified atom stereocenters. The highest BCUT2D eigenvalue weighted by Gasteiger charge is 2.10. The van der Waals surface area contributed by atoms with E-state index in [2.05, 4.69) is 4.98 Å². The molecule has 78 valence electrons. The summed E-state index contributed by atoms with van der Waals surface area (Å²) in [5.41, 5.74) is 0. The SMILES string of the molecule is Cn1ccnc1Cc1ccc(C(=O)O)o1. The van der Waals surface area contributed by atoms with E-state index in [4.69, 9.17) is 9.52 Å². The lowest BCUT2D eigenvalue weighted by molar-refractivity contribution is 0.0660. The average Bonchev–Trinajstić information content (AvgIpc) is 2.77. The molecule has 5 heteroatoms. The zero-order valence-electron chi connectivity index (χ0n) is 8.17. The first-order valence-corrected chi connectivity index (χ1v) is 4.45. The minimum Gasteiger partial charge on any atom is -0.475 e. The Labute approximate surface area is 86.0 Å². The van der Waals surface area contributed by atoms with Gasteiger partial charge in [-0.05, 0) is 12.1 Å². The van der Waals surface area contributed by atoms with Gasteiger partial charge in [0.15, 0.2) is 0 Å². The van der Waals surface area contributed by atoms with E-state index in [1.807, 2.05) is 17.8 Å². The molecule has 0 fully saturated rings. The number of hydrogen-bond donors (Lipinski definition) is 1. The van der Waals surface area contributed by atoms with Gasteiger partial charge in [0.25, 0.3) is 0 Å². The van der Waals surface area contributed by atoms with Crippen molar-refractivity contribution < 1.29 is 14.3 Å². The van der Waals surface area contributed by atoms with Crippen LogP contribution in [0.4, 0.5) is 0 Å². The van der Waals surface area contributed by atoms with Crippen LogP contribution in [0, 0.1) is 0 Å². The molecule has 0 amide bonds. The number of nitrogens with zero attached hydrogens (tertiary/aromatic N) is 2. The van der Waals surface area contributed by atoms with E-state index in [1.54, 1.807) is 12.3 Å². The number of carboxylic acids is 1. The smallest absolute Gasteiger partial charge is 0.371 e. The van der Waals surface area contributed by atoms with Gasteiger partial charge in [0.2, 0.25) is 5.76 Å². The first kappa shape index (κ1) is 9.51. The molecule has 15 heavy (non-hydrogen) atoms. The van der Waals surface area contributed by atoms with Crippen LogP contribution in [0.25, 0.3) is 0 Å². The van der Waals surface area contributed by atoms with Gasteiger partial charge in [-0.3, -0.25) is 0 Å². The molecule has 0 saturated heterocycles. The summed E-state index contributed by atoms with van der Waals surface area (Å²) in [6.07, 6.45) is 4.02. The first-order chi connectivity index (χ1) is 7.16. The number of aromatic nitrogens is 2. The maximum Gasteiger partial charge on any atom is 0.371 e. The molecule has 0 radical (unpaired) electrons. The molecule has 0 aliphatic carbocycles. The fourth-order valence-corrected chi connectivity index (χ4v) is 1.31. The van der Waals surface area contributed by atoms with Crippen molar-refractivity contribution in [2.75, 3.05) is 0 Å². The summed E-state index contributed by atoms with van der Waals surface area (Å²) in [7, 11) is 1.88. The van der Waals surface area contributed by atoms with Crippen LogP contribution < -0.4 is 0 Å². The van der Waals surface area contributed by atoms with E-state index in [-0.39, 0.29) is 5.76 Å². The second-order valence-electron chi connectivity index (χ2n) is 3.20. The molecule has 2 aromatic rings. The molecule has 0 saturated carbocycles. The fourth-order valence-electron chi connectivity index (χ4n) is 1.31. The molecule has 5 nitrogen and oxygen atoms in total. The van der Waals surface area contributed by atoms with E-state index in [0.717, 1.165) is 5.82 Å². The number of aromatic carboxylic acids is 1. The highest BCUT2D eigenvalue weighted by Crippen LogP contribution is 2.11. The van der Waals surface area contributed by atoms with Gasteiger partial charge in [-0.15, -0.1) is 0 Å². The Morgan fingerprint density at radius 2 is 2.40 bits per heavy atom. The molecular weight excluding hydrogens is 196 g/mol. The Bertz CT molecular complexity index is 484. The fraction of sp³-hybridized carbons (Fsp3) is 0.200. The summed E-state index contributed by atoms with van der Waals surface area (Å²) >= 11 is 0. The van der Waals surface area contributed by atoms with Gasteiger partial charge in [-0.1, -0.05) is 0 Å². The van der Waals surface area contributed by atoms with Crippen molar-refractivity contribution >= 4 is 5.97 Å². The third-order valence-electron chi connectivity index (χ3n) is 2.13. The Kier molecular flexibility index (Phi) is 2.29. The predicted molar refractivity (Wildman–Crippen MR) is 51.7 cm³/mol. The number of imidazole rings is 1. The minimum absolute atomic E-state index is 0.0424. The lowest BCUT2D eigenvalue weighted by atomic mass is 10.3. The maximum atomic E-state index is 10.6. The second kappa shape index (κ2) is 3.61. The Morgan fingerprint density at radius 1 is 1.60 bits per heavy atom. The third-order valence-corrected chi connectivity index (χ3v) is 2.13. The topological polar surface area (TPSA) is 68.3 Å².